The van der Waals surface area contributed by atoms with Gasteiger partial charge >= 0.3 is 0 Å². The second-order valence-corrected chi connectivity index (χ2v) is 8.35. The first-order valence-corrected chi connectivity index (χ1v) is 7.96. The van der Waals surface area contributed by atoms with Gasteiger partial charge in [0.15, 0.2) is 0 Å². The third-order valence-electron chi connectivity index (χ3n) is 3.35. The molecule has 114 valence electrons. The van der Waals surface area contributed by atoms with Gasteiger partial charge in [-0.25, -0.2) is 4.98 Å². The minimum Gasteiger partial charge on any atom is -0.383 e. The van der Waals surface area contributed by atoms with Gasteiger partial charge in [0.2, 0.25) is 0 Å². The van der Waals surface area contributed by atoms with Crippen LogP contribution >= 0.6 is 15.9 Å². The highest BCUT2D eigenvalue weighted by atomic mass is 79.9. The van der Waals surface area contributed by atoms with Gasteiger partial charge in [-0.1, -0.05) is 48.8 Å². The molecule has 2 rings (SSSR count). The Morgan fingerprint density at radius 3 is 2.14 bits per heavy atom. The summed E-state index contributed by atoms with van der Waals surface area (Å²) < 4.78 is 3.19. The molecule has 4 heteroatoms. The fraction of sp³-hybridized carbons (Fsp3) is 0.471. The predicted molar refractivity (Wildman–Crippen MR) is 93.5 cm³/mol. The molecule has 0 aliphatic rings. The van der Waals surface area contributed by atoms with Gasteiger partial charge in [0.1, 0.15) is 17.3 Å². The fourth-order valence-electron chi connectivity index (χ4n) is 2.46. The molecule has 0 atom stereocenters. The van der Waals surface area contributed by atoms with Crippen molar-refractivity contribution in [3.8, 4) is 11.3 Å². The van der Waals surface area contributed by atoms with E-state index >= 15 is 0 Å². The molecule has 0 amide bonds. The molecule has 1 heterocycles. The van der Waals surface area contributed by atoms with Crippen molar-refractivity contribution in [2.24, 2.45) is 0 Å². The summed E-state index contributed by atoms with van der Waals surface area (Å²) in [6, 6.07) is 8.11. The van der Waals surface area contributed by atoms with Crippen molar-refractivity contribution in [3.05, 3.63) is 34.6 Å². The van der Waals surface area contributed by atoms with Crippen LogP contribution in [-0.4, -0.2) is 9.55 Å². The van der Waals surface area contributed by atoms with E-state index in [0.717, 1.165) is 27.4 Å². The number of nitrogens with zero attached hydrogens (tertiary/aromatic N) is 2. The molecule has 2 N–H and O–H groups in total. The first-order valence-electron chi connectivity index (χ1n) is 7.17. The van der Waals surface area contributed by atoms with Crippen LogP contribution in [0, 0.1) is 0 Å². The van der Waals surface area contributed by atoms with Crippen molar-refractivity contribution < 1.29 is 0 Å². The van der Waals surface area contributed by atoms with E-state index in [1.165, 1.54) is 0 Å². The number of nitrogen functional groups attached to an aromatic ring is 1. The first-order chi connectivity index (χ1) is 9.51. The Hall–Kier alpha value is -1.29. The van der Waals surface area contributed by atoms with E-state index in [-0.39, 0.29) is 11.0 Å². The largest absolute Gasteiger partial charge is 0.383 e. The summed E-state index contributed by atoms with van der Waals surface area (Å²) >= 11 is 3.51. The second-order valence-electron chi connectivity index (χ2n) is 7.44. The zero-order chi connectivity index (χ0) is 16.0. The Bertz CT molecular complexity index is 658. The SMILES string of the molecule is CC(C)(C)c1nc(-c2cccc(Br)c2)c(N)n1C(C)(C)C. The lowest BCUT2D eigenvalue weighted by Crippen LogP contribution is -2.30. The van der Waals surface area contributed by atoms with Gasteiger partial charge in [-0.15, -0.1) is 0 Å². The fourth-order valence-corrected chi connectivity index (χ4v) is 2.86. The van der Waals surface area contributed by atoms with Crippen molar-refractivity contribution in [2.45, 2.75) is 52.5 Å². The maximum absolute atomic E-state index is 6.45. The number of halogens is 1. The molecule has 0 aliphatic carbocycles. The summed E-state index contributed by atoms with van der Waals surface area (Å²) in [6.45, 7) is 13.0. The Kier molecular flexibility index (Phi) is 3.96. The lowest BCUT2D eigenvalue weighted by molar-refractivity contribution is 0.359. The van der Waals surface area contributed by atoms with Gasteiger partial charge < -0.3 is 10.3 Å². The molecule has 1 aromatic heterocycles. The van der Waals surface area contributed by atoms with E-state index in [1.54, 1.807) is 0 Å². The molecule has 0 spiro atoms. The van der Waals surface area contributed by atoms with Crippen LogP contribution < -0.4 is 5.73 Å². The number of aromatic nitrogens is 2. The smallest absolute Gasteiger partial charge is 0.132 e. The molecular formula is C17H24BrN3. The van der Waals surface area contributed by atoms with Gasteiger partial charge in [0.25, 0.3) is 0 Å². The van der Waals surface area contributed by atoms with E-state index in [9.17, 15) is 0 Å². The molecule has 0 radical (unpaired) electrons. The van der Waals surface area contributed by atoms with E-state index in [1.807, 2.05) is 18.2 Å². The number of benzene rings is 1. The minimum absolute atomic E-state index is 0.0638. The van der Waals surface area contributed by atoms with Crippen LogP contribution in [0.5, 0.6) is 0 Å². The van der Waals surface area contributed by atoms with Gasteiger partial charge in [0, 0.05) is 21.0 Å². The van der Waals surface area contributed by atoms with Crippen LogP contribution in [0.4, 0.5) is 5.82 Å². The summed E-state index contributed by atoms with van der Waals surface area (Å²) in [5, 5.41) is 0. The molecule has 3 nitrogen and oxygen atoms in total. The van der Waals surface area contributed by atoms with Crippen molar-refractivity contribution in [1.82, 2.24) is 9.55 Å². The van der Waals surface area contributed by atoms with Gasteiger partial charge in [-0.05, 0) is 32.9 Å². The summed E-state index contributed by atoms with van der Waals surface area (Å²) in [6.07, 6.45) is 0. The van der Waals surface area contributed by atoms with Crippen molar-refractivity contribution in [3.63, 3.8) is 0 Å². The highest BCUT2D eigenvalue weighted by molar-refractivity contribution is 9.10. The third kappa shape index (κ3) is 3.15. The number of hydrogen-bond donors (Lipinski definition) is 1. The Morgan fingerprint density at radius 1 is 1.10 bits per heavy atom. The van der Waals surface area contributed by atoms with Crippen LogP contribution in [0.25, 0.3) is 11.3 Å². The molecule has 0 saturated carbocycles. The predicted octanol–water partition coefficient (Wildman–Crippen LogP) is 4.95. The zero-order valence-electron chi connectivity index (χ0n) is 13.7. The van der Waals surface area contributed by atoms with Crippen molar-refractivity contribution in [2.75, 3.05) is 5.73 Å². The number of imidazole rings is 1. The normalized spacial score (nSPS) is 12.7. The quantitative estimate of drug-likeness (QED) is 0.791. The van der Waals surface area contributed by atoms with Crippen LogP contribution in [0.2, 0.25) is 0 Å². The summed E-state index contributed by atoms with van der Waals surface area (Å²) in [7, 11) is 0. The highest BCUT2D eigenvalue weighted by Gasteiger charge is 2.30. The molecular weight excluding hydrogens is 326 g/mol. The molecule has 21 heavy (non-hydrogen) atoms. The first kappa shape index (κ1) is 16.1. The molecule has 2 aromatic rings. The number of hydrogen-bond acceptors (Lipinski definition) is 2. The van der Waals surface area contributed by atoms with E-state index in [2.05, 4.69) is 68.1 Å². The average Bonchev–Trinajstić information content (AvgIpc) is 2.66. The number of anilines is 1. The number of nitrogens with two attached hydrogens (primary N) is 1. The summed E-state index contributed by atoms with van der Waals surface area (Å²) in [5.41, 5.74) is 8.18. The summed E-state index contributed by atoms with van der Waals surface area (Å²) in [4.78, 5) is 4.88. The van der Waals surface area contributed by atoms with Crippen LogP contribution in [0.3, 0.4) is 0 Å². The minimum atomic E-state index is -0.107. The maximum Gasteiger partial charge on any atom is 0.132 e. The monoisotopic (exact) mass is 349 g/mol. The molecule has 0 bridgehead atoms. The standard InChI is InChI=1S/C17H24BrN3/c1-16(2,3)15-20-13(11-8-7-9-12(18)10-11)14(19)21(15)17(4,5)6/h7-10H,19H2,1-6H3. The molecule has 1 aromatic carbocycles. The highest BCUT2D eigenvalue weighted by Crippen LogP contribution is 2.36. The van der Waals surface area contributed by atoms with Gasteiger partial charge in [-0.3, -0.25) is 0 Å². The second kappa shape index (κ2) is 5.16. The molecule has 0 saturated heterocycles. The lowest BCUT2D eigenvalue weighted by atomic mass is 9.94. The van der Waals surface area contributed by atoms with E-state index in [0.29, 0.717) is 0 Å². The maximum atomic E-state index is 6.45. The van der Waals surface area contributed by atoms with Crippen LogP contribution in [0.1, 0.15) is 47.4 Å². The zero-order valence-corrected chi connectivity index (χ0v) is 15.2. The van der Waals surface area contributed by atoms with Gasteiger partial charge in [-0.2, -0.15) is 0 Å². The van der Waals surface area contributed by atoms with E-state index < -0.39 is 0 Å². The average molecular weight is 350 g/mol. The van der Waals surface area contributed by atoms with Crippen LogP contribution in [0.15, 0.2) is 28.7 Å². The van der Waals surface area contributed by atoms with Crippen LogP contribution in [-0.2, 0) is 11.0 Å². The Labute approximate surface area is 135 Å². The van der Waals surface area contributed by atoms with Crippen molar-refractivity contribution in [1.29, 1.82) is 0 Å². The Morgan fingerprint density at radius 2 is 1.71 bits per heavy atom. The molecule has 0 unspecified atom stereocenters. The lowest BCUT2D eigenvalue weighted by Gasteiger charge is -2.29. The summed E-state index contributed by atoms with van der Waals surface area (Å²) in [5.74, 6) is 1.74. The Balaban J connectivity index is 2.74. The van der Waals surface area contributed by atoms with Crippen molar-refractivity contribution >= 4 is 21.7 Å². The van der Waals surface area contributed by atoms with Gasteiger partial charge in [0.05, 0.1) is 0 Å². The topological polar surface area (TPSA) is 43.8 Å². The molecule has 0 fully saturated rings. The number of rotatable bonds is 1. The third-order valence-corrected chi connectivity index (χ3v) is 3.85. The van der Waals surface area contributed by atoms with E-state index in [4.69, 9.17) is 10.7 Å². The molecule has 0 aliphatic heterocycles.